The standard InChI is InChI=1S/C28H37N3O3/c1-6-17-33-20-25(32)18-30(22(4)7-2)19-27-23(5)29-31(24-11-9-8-10-12-24)28(27)34-26-15-13-21(3)14-16-26/h6,8-16,22,25,32H,1,7,17-20H2,2-5H3/t22-,25-/m0/s1. The molecule has 0 saturated heterocycles. The summed E-state index contributed by atoms with van der Waals surface area (Å²) in [6, 6.07) is 18.3. The number of para-hydroxylation sites is 1. The van der Waals surface area contributed by atoms with E-state index in [-0.39, 0.29) is 12.6 Å². The van der Waals surface area contributed by atoms with Crippen LogP contribution in [-0.4, -0.2) is 51.7 Å². The zero-order chi connectivity index (χ0) is 24.5. The Morgan fingerprint density at radius 2 is 1.82 bits per heavy atom. The highest BCUT2D eigenvalue weighted by atomic mass is 16.5. The molecular weight excluding hydrogens is 426 g/mol. The van der Waals surface area contributed by atoms with E-state index in [9.17, 15) is 5.11 Å². The zero-order valence-electron chi connectivity index (χ0n) is 20.8. The van der Waals surface area contributed by atoms with Gasteiger partial charge in [-0.3, -0.25) is 4.90 Å². The van der Waals surface area contributed by atoms with Gasteiger partial charge < -0.3 is 14.6 Å². The summed E-state index contributed by atoms with van der Waals surface area (Å²) in [7, 11) is 0. The molecule has 1 aromatic heterocycles. The Kier molecular flexibility index (Phi) is 9.45. The Balaban J connectivity index is 1.94. The number of ether oxygens (including phenoxy) is 2. The van der Waals surface area contributed by atoms with Crippen molar-refractivity contribution < 1.29 is 14.6 Å². The molecule has 0 bridgehead atoms. The van der Waals surface area contributed by atoms with E-state index >= 15 is 0 Å². The van der Waals surface area contributed by atoms with Crippen molar-refractivity contribution in [1.29, 1.82) is 0 Å². The van der Waals surface area contributed by atoms with Crippen molar-refractivity contribution in [2.75, 3.05) is 19.8 Å². The molecule has 0 unspecified atom stereocenters. The van der Waals surface area contributed by atoms with Crippen LogP contribution in [0.3, 0.4) is 0 Å². The van der Waals surface area contributed by atoms with Crippen LogP contribution in [0.15, 0.2) is 67.3 Å². The molecule has 3 rings (SSSR count). The summed E-state index contributed by atoms with van der Waals surface area (Å²) in [6.07, 6.45) is 2.05. The van der Waals surface area contributed by atoms with E-state index in [0.29, 0.717) is 25.6 Å². The second-order valence-corrected chi connectivity index (χ2v) is 8.70. The Hall–Kier alpha value is -2.93. The molecule has 2 atom stereocenters. The van der Waals surface area contributed by atoms with Crippen LogP contribution >= 0.6 is 0 Å². The number of hydrogen-bond donors (Lipinski definition) is 1. The number of aliphatic hydroxyl groups excluding tert-OH is 1. The van der Waals surface area contributed by atoms with Gasteiger partial charge in [0, 0.05) is 19.1 Å². The molecule has 0 aliphatic heterocycles. The molecular formula is C28H37N3O3. The maximum absolute atomic E-state index is 10.6. The van der Waals surface area contributed by atoms with Crippen LogP contribution in [-0.2, 0) is 11.3 Å². The quantitative estimate of drug-likeness (QED) is 0.270. The van der Waals surface area contributed by atoms with Crippen molar-refractivity contribution in [3.63, 3.8) is 0 Å². The van der Waals surface area contributed by atoms with Crippen molar-refractivity contribution in [2.24, 2.45) is 0 Å². The lowest BCUT2D eigenvalue weighted by atomic mass is 10.1. The average molecular weight is 464 g/mol. The number of aromatic nitrogens is 2. The van der Waals surface area contributed by atoms with Crippen LogP contribution in [0.25, 0.3) is 5.69 Å². The Bertz CT molecular complexity index is 1030. The van der Waals surface area contributed by atoms with Gasteiger partial charge >= 0.3 is 0 Å². The summed E-state index contributed by atoms with van der Waals surface area (Å²) >= 11 is 0. The van der Waals surface area contributed by atoms with E-state index in [1.807, 2.05) is 66.2 Å². The van der Waals surface area contributed by atoms with Gasteiger partial charge in [-0.15, -0.1) is 6.58 Å². The summed E-state index contributed by atoms with van der Waals surface area (Å²) in [4.78, 5) is 2.27. The highest BCUT2D eigenvalue weighted by Crippen LogP contribution is 2.32. The Morgan fingerprint density at radius 1 is 1.12 bits per heavy atom. The normalized spacial score (nSPS) is 13.1. The SMILES string of the molecule is C=CCOC[C@@H](O)CN(Cc1c(C)nn(-c2ccccc2)c1Oc1ccc(C)cc1)[C@@H](C)CC. The van der Waals surface area contributed by atoms with Crippen LogP contribution < -0.4 is 4.74 Å². The summed E-state index contributed by atoms with van der Waals surface area (Å²) in [6.45, 7) is 13.9. The first kappa shape index (κ1) is 25.7. The lowest BCUT2D eigenvalue weighted by Gasteiger charge is -2.30. The van der Waals surface area contributed by atoms with Gasteiger partial charge in [0.25, 0.3) is 0 Å². The van der Waals surface area contributed by atoms with Crippen LogP contribution in [0.1, 0.15) is 37.1 Å². The number of benzene rings is 2. The fourth-order valence-electron chi connectivity index (χ4n) is 3.76. The van der Waals surface area contributed by atoms with E-state index in [1.165, 1.54) is 5.56 Å². The molecule has 0 saturated carbocycles. The highest BCUT2D eigenvalue weighted by Gasteiger charge is 2.24. The maximum Gasteiger partial charge on any atom is 0.227 e. The van der Waals surface area contributed by atoms with Gasteiger partial charge in [0.15, 0.2) is 0 Å². The van der Waals surface area contributed by atoms with E-state index < -0.39 is 6.10 Å². The summed E-state index contributed by atoms with van der Waals surface area (Å²) in [5, 5.41) is 15.4. The van der Waals surface area contributed by atoms with Gasteiger partial charge in [-0.2, -0.15) is 5.10 Å². The molecule has 0 amide bonds. The van der Waals surface area contributed by atoms with E-state index in [4.69, 9.17) is 14.6 Å². The second kappa shape index (κ2) is 12.5. The van der Waals surface area contributed by atoms with Crippen LogP contribution in [0.5, 0.6) is 11.6 Å². The molecule has 3 aromatic rings. The molecule has 0 spiro atoms. The number of aliphatic hydroxyl groups is 1. The number of nitrogens with zero attached hydrogens (tertiary/aromatic N) is 3. The average Bonchev–Trinajstić information content (AvgIpc) is 3.15. The highest BCUT2D eigenvalue weighted by molar-refractivity contribution is 5.43. The number of rotatable bonds is 13. The van der Waals surface area contributed by atoms with E-state index in [1.54, 1.807) is 6.08 Å². The fourth-order valence-corrected chi connectivity index (χ4v) is 3.76. The predicted molar refractivity (Wildman–Crippen MR) is 137 cm³/mol. The van der Waals surface area contributed by atoms with Gasteiger partial charge in [0.1, 0.15) is 5.75 Å². The molecule has 0 aliphatic carbocycles. The Morgan fingerprint density at radius 3 is 2.47 bits per heavy atom. The number of hydrogen-bond acceptors (Lipinski definition) is 5. The predicted octanol–water partition coefficient (Wildman–Crippen LogP) is 5.45. The van der Waals surface area contributed by atoms with Crippen LogP contribution in [0.2, 0.25) is 0 Å². The van der Waals surface area contributed by atoms with Crippen LogP contribution in [0, 0.1) is 13.8 Å². The summed E-state index contributed by atoms with van der Waals surface area (Å²) in [5.41, 5.74) is 4.02. The molecule has 1 heterocycles. The molecule has 1 N–H and O–H groups in total. The minimum absolute atomic E-state index is 0.265. The first-order valence-electron chi connectivity index (χ1n) is 11.9. The third kappa shape index (κ3) is 6.79. The van der Waals surface area contributed by atoms with Gasteiger partial charge in [-0.1, -0.05) is 48.9 Å². The molecule has 0 radical (unpaired) electrons. The summed E-state index contributed by atoms with van der Waals surface area (Å²) < 4.78 is 13.8. The third-order valence-electron chi connectivity index (χ3n) is 5.94. The molecule has 6 nitrogen and oxygen atoms in total. The topological polar surface area (TPSA) is 59.8 Å². The minimum atomic E-state index is -0.597. The van der Waals surface area contributed by atoms with Crippen molar-refractivity contribution in [3.05, 3.63) is 84.1 Å². The second-order valence-electron chi connectivity index (χ2n) is 8.70. The molecule has 6 heteroatoms. The molecule has 182 valence electrons. The van der Waals surface area contributed by atoms with Crippen LogP contribution in [0.4, 0.5) is 0 Å². The van der Waals surface area contributed by atoms with E-state index in [2.05, 4.69) is 32.3 Å². The fraction of sp³-hybridized carbons (Fsp3) is 0.393. The monoisotopic (exact) mass is 463 g/mol. The van der Waals surface area contributed by atoms with Gasteiger partial charge in [0.2, 0.25) is 5.88 Å². The van der Waals surface area contributed by atoms with E-state index in [0.717, 1.165) is 29.1 Å². The van der Waals surface area contributed by atoms with Crippen molar-refractivity contribution in [3.8, 4) is 17.3 Å². The largest absolute Gasteiger partial charge is 0.439 e. The van der Waals surface area contributed by atoms with Crippen molar-refractivity contribution in [2.45, 2.75) is 52.8 Å². The smallest absolute Gasteiger partial charge is 0.227 e. The lowest BCUT2D eigenvalue weighted by molar-refractivity contribution is 0.0155. The lowest BCUT2D eigenvalue weighted by Crippen LogP contribution is -2.40. The third-order valence-corrected chi connectivity index (χ3v) is 5.94. The zero-order valence-corrected chi connectivity index (χ0v) is 20.8. The first-order chi connectivity index (χ1) is 16.4. The molecule has 0 fully saturated rings. The van der Waals surface area contributed by atoms with Crippen molar-refractivity contribution >= 4 is 0 Å². The first-order valence-corrected chi connectivity index (χ1v) is 11.9. The minimum Gasteiger partial charge on any atom is -0.439 e. The Labute approximate surface area is 203 Å². The molecule has 34 heavy (non-hydrogen) atoms. The van der Waals surface area contributed by atoms with Gasteiger partial charge in [0.05, 0.1) is 36.3 Å². The van der Waals surface area contributed by atoms with Crippen molar-refractivity contribution in [1.82, 2.24) is 14.7 Å². The number of aryl methyl sites for hydroxylation is 2. The van der Waals surface area contributed by atoms with Gasteiger partial charge in [-0.25, -0.2) is 4.68 Å². The van der Waals surface area contributed by atoms with Gasteiger partial charge in [-0.05, 0) is 51.5 Å². The summed E-state index contributed by atoms with van der Waals surface area (Å²) in [5.74, 6) is 1.45. The molecule has 0 aliphatic rings. The molecule has 2 aromatic carbocycles. The maximum atomic E-state index is 10.6.